The zero-order chi connectivity index (χ0) is 24.2. The highest BCUT2D eigenvalue weighted by molar-refractivity contribution is 7.80. The first-order valence-corrected chi connectivity index (χ1v) is 10.7. The Bertz CT molecular complexity index is 1170. The minimum atomic E-state index is -0.364. The third kappa shape index (κ3) is 5.53. The maximum Gasteiger partial charge on any atom is 0.264 e. The number of methoxy groups -OCH3 is 1. The van der Waals surface area contributed by atoms with Crippen LogP contribution in [-0.4, -0.2) is 29.0 Å². The number of hydrogen-bond donors (Lipinski definition) is 2. The fraction of sp³-hybridized carbons (Fsp3) is 0.200. The maximum absolute atomic E-state index is 13.2. The summed E-state index contributed by atoms with van der Waals surface area (Å²) in [5.74, 6) is -0.352. The Balaban J connectivity index is 1.89. The van der Waals surface area contributed by atoms with E-state index in [-0.39, 0.29) is 22.3 Å². The summed E-state index contributed by atoms with van der Waals surface area (Å²) in [6.45, 7) is 6.31. The van der Waals surface area contributed by atoms with Crippen molar-refractivity contribution in [2.75, 3.05) is 17.3 Å². The van der Waals surface area contributed by atoms with Crippen molar-refractivity contribution in [2.24, 2.45) is 5.73 Å². The number of thiocarbonyl (C=S) groups is 1. The van der Waals surface area contributed by atoms with Crippen molar-refractivity contribution >= 4 is 40.5 Å². The molecular formula is C25H26N4O3S. The minimum Gasteiger partial charge on any atom is -0.494 e. The lowest BCUT2D eigenvalue weighted by Crippen LogP contribution is -2.40. The number of ether oxygens (including phenoxy) is 1. The Labute approximate surface area is 198 Å². The normalized spacial score (nSPS) is 10.9. The molecule has 0 spiro atoms. The van der Waals surface area contributed by atoms with E-state index in [1.165, 1.54) is 18.2 Å². The van der Waals surface area contributed by atoms with E-state index in [1.807, 2.05) is 12.1 Å². The van der Waals surface area contributed by atoms with Crippen LogP contribution in [-0.2, 0) is 5.41 Å². The fourth-order valence-corrected chi connectivity index (χ4v) is 3.39. The van der Waals surface area contributed by atoms with Gasteiger partial charge in [-0.25, -0.2) is 0 Å². The Morgan fingerprint density at radius 3 is 2.30 bits per heavy atom. The molecule has 0 fully saturated rings. The molecule has 3 aromatic rings. The summed E-state index contributed by atoms with van der Waals surface area (Å²) in [5, 5.41) is 2.68. The molecule has 2 amide bonds. The third-order valence-corrected chi connectivity index (χ3v) is 5.22. The molecule has 0 aliphatic rings. The van der Waals surface area contributed by atoms with Gasteiger partial charge in [0.2, 0.25) is 0 Å². The number of aromatic nitrogens is 1. The molecule has 0 unspecified atom stereocenters. The third-order valence-electron chi connectivity index (χ3n) is 5.04. The van der Waals surface area contributed by atoms with Crippen LogP contribution < -0.4 is 20.7 Å². The molecule has 1 heterocycles. The van der Waals surface area contributed by atoms with Gasteiger partial charge in [-0.1, -0.05) is 32.9 Å². The largest absolute Gasteiger partial charge is 0.494 e. The summed E-state index contributed by atoms with van der Waals surface area (Å²) in [4.78, 5) is 30.9. The number of carbonyl (C=O) groups excluding carboxylic acids is 2. The molecule has 0 atom stereocenters. The van der Waals surface area contributed by atoms with Gasteiger partial charge in [0.05, 0.1) is 24.0 Å². The predicted molar refractivity (Wildman–Crippen MR) is 134 cm³/mol. The number of hydrogen-bond acceptors (Lipinski definition) is 5. The number of pyridine rings is 1. The van der Waals surface area contributed by atoms with Gasteiger partial charge in [-0.15, -0.1) is 0 Å². The van der Waals surface area contributed by atoms with Gasteiger partial charge >= 0.3 is 0 Å². The lowest BCUT2D eigenvalue weighted by Gasteiger charge is -2.23. The van der Waals surface area contributed by atoms with Crippen LogP contribution in [0.1, 0.15) is 47.1 Å². The average Bonchev–Trinajstić information content (AvgIpc) is 2.79. The molecule has 0 aliphatic heterocycles. The van der Waals surface area contributed by atoms with Gasteiger partial charge in [0.15, 0.2) is 5.11 Å². The quantitative estimate of drug-likeness (QED) is 0.541. The second kappa shape index (κ2) is 9.79. The van der Waals surface area contributed by atoms with Gasteiger partial charge < -0.3 is 15.8 Å². The van der Waals surface area contributed by atoms with E-state index in [1.54, 1.807) is 48.7 Å². The first-order chi connectivity index (χ1) is 15.6. The van der Waals surface area contributed by atoms with Crippen LogP contribution in [0.3, 0.4) is 0 Å². The van der Waals surface area contributed by atoms with E-state index in [4.69, 9.17) is 22.7 Å². The number of benzene rings is 2. The van der Waals surface area contributed by atoms with E-state index in [9.17, 15) is 9.59 Å². The van der Waals surface area contributed by atoms with Crippen molar-refractivity contribution < 1.29 is 14.3 Å². The second-order valence-corrected chi connectivity index (χ2v) is 8.80. The molecule has 3 rings (SSSR count). The standard InChI is InChI=1S/C25H26N4O3S/c1-25(2,3)18-9-7-16(8-10-18)23(31)29(24(26)33)19-11-12-20(21(14-19)32-4)28-22(30)17-6-5-13-27-15-17/h5-15H,1-4H3,(H2,26,33)(H,28,30). The van der Waals surface area contributed by atoms with Crippen molar-refractivity contribution in [3.05, 3.63) is 83.7 Å². The topological polar surface area (TPSA) is 97.5 Å². The van der Waals surface area contributed by atoms with Crippen molar-refractivity contribution in [1.82, 2.24) is 4.98 Å². The van der Waals surface area contributed by atoms with E-state index >= 15 is 0 Å². The lowest BCUT2D eigenvalue weighted by atomic mass is 9.86. The Morgan fingerprint density at radius 2 is 1.76 bits per heavy atom. The summed E-state index contributed by atoms with van der Waals surface area (Å²) in [7, 11) is 1.47. The number of nitrogens with two attached hydrogens (primary N) is 1. The SMILES string of the molecule is COc1cc(N(C(=O)c2ccc(C(C)(C)C)cc2)C(N)=S)ccc1NC(=O)c1cccnc1. The number of amides is 2. The zero-order valence-corrected chi connectivity index (χ0v) is 19.8. The molecule has 2 aromatic carbocycles. The van der Waals surface area contributed by atoms with Crippen LogP contribution in [0.4, 0.5) is 11.4 Å². The summed E-state index contributed by atoms with van der Waals surface area (Å²) < 4.78 is 5.44. The number of nitrogens with zero attached hydrogens (tertiary/aromatic N) is 2. The van der Waals surface area contributed by atoms with Crippen LogP contribution in [0.25, 0.3) is 0 Å². The zero-order valence-electron chi connectivity index (χ0n) is 19.0. The Morgan fingerprint density at radius 1 is 1.06 bits per heavy atom. The van der Waals surface area contributed by atoms with Gasteiger partial charge in [0, 0.05) is 24.0 Å². The van der Waals surface area contributed by atoms with Crippen LogP contribution in [0.2, 0.25) is 0 Å². The lowest BCUT2D eigenvalue weighted by molar-refractivity contribution is 0.0999. The Hall–Kier alpha value is -3.78. The minimum absolute atomic E-state index is 0.0339. The van der Waals surface area contributed by atoms with Crippen LogP contribution >= 0.6 is 12.2 Å². The molecule has 1 aromatic heterocycles. The Kier molecular flexibility index (Phi) is 7.08. The van der Waals surface area contributed by atoms with E-state index < -0.39 is 0 Å². The van der Waals surface area contributed by atoms with Gasteiger partial charge in [-0.05, 0) is 59.6 Å². The second-order valence-electron chi connectivity index (χ2n) is 8.39. The van der Waals surface area contributed by atoms with Crippen LogP contribution in [0.5, 0.6) is 5.75 Å². The smallest absolute Gasteiger partial charge is 0.264 e. The molecule has 8 heteroatoms. The first kappa shape index (κ1) is 23.9. The summed E-state index contributed by atoms with van der Waals surface area (Å²) in [6.07, 6.45) is 3.05. The number of anilines is 2. The van der Waals surface area contributed by atoms with Gasteiger partial charge in [0.25, 0.3) is 11.8 Å². The molecule has 3 N–H and O–H groups in total. The number of rotatable bonds is 5. The van der Waals surface area contributed by atoms with E-state index in [0.29, 0.717) is 28.3 Å². The highest BCUT2D eigenvalue weighted by Crippen LogP contribution is 2.31. The highest BCUT2D eigenvalue weighted by Gasteiger charge is 2.23. The summed E-state index contributed by atoms with van der Waals surface area (Å²) >= 11 is 5.17. The molecule has 7 nitrogen and oxygen atoms in total. The van der Waals surface area contributed by atoms with Crippen LogP contribution in [0.15, 0.2) is 67.0 Å². The van der Waals surface area contributed by atoms with Crippen molar-refractivity contribution in [3.8, 4) is 5.75 Å². The molecular weight excluding hydrogens is 436 g/mol. The predicted octanol–water partition coefficient (Wildman–Crippen LogP) is 4.53. The molecule has 0 bridgehead atoms. The van der Waals surface area contributed by atoms with Gasteiger partial charge in [-0.2, -0.15) is 0 Å². The first-order valence-electron chi connectivity index (χ1n) is 10.3. The summed E-state index contributed by atoms with van der Waals surface area (Å²) in [5.41, 5.74) is 8.69. The monoisotopic (exact) mass is 462 g/mol. The molecule has 0 saturated carbocycles. The molecule has 170 valence electrons. The summed E-state index contributed by atoms with van der Waals surface area (Å²) in [6, 6.07) is 15.6. The average molecular weight is 463 g/mol. The molecule has 0 aliphatic carbocycles. The number of nitrogens with one attached hydrogen (secondary N) is 1. The highest BCUT2D eigenvalue weighted by atomic mass is 32.1. The molecule has 0 saturated heterocycles. The van der Waals surface area contributed by atoms with Crippen molar-refractivity contribution in [1.29, 1.82) is 0 Å². The van der Waals surface area contributed by atoms with Gasteiger partial charge in [-0.3, -0.25) is 19.5 Å². The van der Waals surface area contributed by atoms with Crippen molar-refractivity contribution in [2.45, 2.75) is 26.2 Å². The van der Waals surface area contributed by atoms with Gasteiger partial charge in [0.1, 0.15) is 5.75 Å². The van der Waals surface area contributed by atoms with E-state index in [0.717, 1.165) is 5.56 Å². The van der Waals surface area contributed by atoms with Crippen molar-refractivity contribution in [3.63, 3.8) is 0 Å². The fourth-order valence-electron chi connectivity index (χ4n) is 3.20. The van der Waals surface area contributed by atoms with E-state index in [2.05, 4.69) is 31.1 Å². The molecule has 0 radical (unpaired) electrons. The van der Waals surface area contributed by atoms with Crippen LogP contribution in [0, 0.1) is 0 Å². The number of carbonyl (C=O) groups is 2. The maximum atomic E-state index is 13.2. The molecule has 33 heavy (non-hydrogen) atoms.